The van der Waals surface area contributed by atoms with Crippen LogP contribution in [0.5, 0.6) is 0 Å². The largest absolute Gasteiger partial charge is 0.381 e. The Balaban J connectivity index is 1.61. The molecule has 0 aromatic carbocycles. The van der Waals surface area contributed by atoms with Crippen LogP contribution < -0.4 is 5.32 Å². The minimum absolute atomic E-state index is 0.304. The smallest absolute Gasteiger partial charge is 0.170 e. The average molecular weight is 298 g/mol. The number of hydrogen-bond acceptors (Lipinski definition) is 5. The maximum atomic E-state index is 5.95. The van der Waals surface area contributed by atoms with Gasteiger partial charge < -0.3 is 24.4 Å². The van der Waals surface area contributed by atoms with Gasteiger partial charge in [0.25, 0.3) is 0 Å². The predicted octanol–water partition coefficient (Wildman–Crippen LogP) is 1.23. The van der Waals surface area contributed by atoms with Gasteiger partial charge in [-0.2, -0.15) is 0 Å². The quantitative estimate of drug-likeness (QED) is 0.845. The van der Waals surface area contributed by atoms with Gasteiger partial charge in [0.2, 0.25) is 0 Å². The summed E-state index contributed by atoms with van der Waals surface area (Å²) in [4.78, 5) is 2.53. The van der Waals surface area contributed by atoms with Crippen molar-refractivity contribution in [2.24, 2.45) is 5.92 Å². The number of likely N-dealkylation sites (N-methyl/N-ethyl adjacent to an activating group) is 2. The van der Waals surface area contributed by atoms with Crippen LogP contribution in [0.1, 0.15) is 32.1 Å². The Morgan fingerprint density at radius 2 is 1.81 bits per heavy atom. The summed E-state index contributed by atoms with van der Waals surface area (Å²) in [6, 6.07) is 1.03. The highest BCUT2D eigenvalue weighted by Gasteiger charge is 2.46. The highest BCUT2D eigenvalue weighted by Crippen LogP contribution is 2.37. The fourth-order valence-electron chi connectivity index (χ4n) is 4.16. The van der Waals surface area contributed by atoms with Crippen LogP contribution in [0.2, 0.25) is 0 Å². The van der Waals surface area contributed by atoms with Crippen molar-refractivity contribution in [3.05, 3.63) is 0 Å². The zero-order valence-corrected chi connectivity index (χ0v) is 13.5. The van der Waals surface area contributed by atoms with Crippen molar-refractivity contribution in [3.8, 4) is 0 Å². The lowest BCUT2D eigenvalue weighted by molar-refractivity contribution is -0.192. The van der Waals surface area contributed by atoms with Gasteiger partial charge in [-0.15, -0.1) is 0 Å². The Morgan fingerprint density at radius 1 is 1.10 bits per heavy atom. The van der Waals surface area contributed by atoms with E-state index in [9.17, 15) is 0 Å². The minimum atomic E-state index is -0.304. The van der Waals surface area contributed by atoms with Gasteiger partial charge in [-0.05, 0) is 39.3 Å². The summed E-state index contributed by atoms with van der Waals surface area (Å²) in [6.45, 7) is 4.51. The van der Waals surface area contributed by atoms with Crippen LogP contribution >= 0.6 is 0 Å². The van der Waals surface area contributed by atoms with E-state index >= 15 is 0 Å². The first-order valence-corrected chi connectivity index (χ1v) is 8.45. The molecule has 5 heteroatoms. The summed E-state index contributed by atoms with van der Waals surface area (Å²) in [5.41, 5.74) is 0. The molecule has 122 valence electrons. The van der Waals surface area contributed by atoms with Gasteiger partial charge in [0.05, 0.1) is 13.2 Å². The molecular formula is C16H30N2O3. The molecule has 3 aliphatic rings. The van der Waals surface area contributed by atoms with E-state index in [1.165, 1.54) is 12.8 Å². The summed E-state index contributed by atoms with van der Waals surface area (Å²) in [7, 11) is 4.34. The molecule has 5 nitrogen and oxygen atoms in total. The summed E-state index contributed by atoms with van der Waals surface area (Å²) in [6.07, 6.45) is 5.51. The van der Waals surface area contributed by atoms with E-state index < -0.39 is 0 Å². The van der Waals surface area contributed by atoms with Crippen LogP contribution in [0.4, 0.5) is 0 Å². The average Bonchev–Trinajstić information content (AvgIpc) is 2.96. The van der Waals surface area contributed by atoms with Crippen molar-refractivity contribution < 1.29 is 14.2 Å². The molecule has 0 amide bonds. The molecule has 1 saturated carbocycles. The number of ether oxygens (including phenoxy) is 3. The van der Waals surface area contributed by atoms with E-state index in [1.807, 2.05) is 0 Å². The fourth-order valence-corrected chi connectivity index (χ4v) is 4.16. The third kappa shape index (κ3) is 3.59. The van der Waals surface area contributed by atoms with Crippen molar-refractivity contribution in [2.75, 3.05) is 47.1 Å². The molecule has 0 bridgehead atoms. The summed E-state index contributed by atoms with van der Waals surface area (Å²) < 4.78 is 17.4. The van der Waals surface area contributed by atoms with Crippen LogP contribution in [0.25, 0.3) is 0 Å². The van der Waals surface area contributed by atoms with E-state index in [2.05, 4.69) is 24.3 Å². The molecule has 2 heterocycles. The number of hydrogen-bond donors (Lipinski definition) is 1. The van der Waals surface area contributed by atoms with Gasteiger partial charge >= 0.3 is 0 Å². The van der Waals surface area contributed by atoms with Crippen LogP contribution in [-0.2, 0) is 14.2 Å². The monoisotopic (exact) mass is 298 g/mol. The van der Waals surface area contributed by atoms with Gasteiger partial charge in [-0.25, -0.2) is 0 Å². The molecular weight excluding hydrogens is 268 g/mol. The standard InChI is InChI=1S/C16H30N2O3/c1-17-14-3-6-16(20-9-10-21-16)11-15(14)18(2)12-13-4-7-19-8-5-13/h13-15,17H,3-12H2,1-2H3. The van der Waals surface area contributed by atoms with Gasteiger partial charge in [0.15, 0.2) is 5.79 Å². The number of rotatable bonds is 4. The molecule has 3 rings (SSSR count). The van der Waals surface area contributed by atoms with Gasteiger partial charge in [0.1, 0.15) is 0 Å². The highest BCUT2D eigenvalue weighted by atomic mass is 16.7. The molecule has 21 heavy (non-hydrogen) atoms. The Kier molecular flexibility index (Phi) is 5.17. The molecule has 3 fully saturated rings. The molecule has 0 aromatic rings. The summed E-state index contributed by atoms with van der Waals surface area (Å²) in [5.74, 6) is 0.464. The topological polar surface area (TPSA) is 43.0 Å². The van der Waals surface area contributed by atoms with E-state index in [0.717, 1.165) is 58.2 Å². The lowest BCUT2D eigenvalue weighted by atomic mass is 9.84. The predicted molar refractivity (Wildman–Crippen MR) is 81.3 cm³/mol. The molecule has 1 aliphatic carbocycles. The van der Waals surface area contributed by atoms with E-state index in [-0.39, 0.29) is 5.79 Å². The molecule has 2 unspecified atom stereocenters. The Labute approximate surface area is 128 Å². The third-order valence-electron chi connectivity index (χ3n) is 5.46. The Bertz CT molecular complexity index is 327. The maximum Gasteiger partial charge on any atom is 0.170 e. The van der Waals surface area contributed by atoms with Crippen molar-refractivity contribution in [1.82, 2.24) is 10.2 Å². The van der Waals surface area contributed by atoms with Crippen molar-refractivity contribution in [3.63, 3.8) is 0 Å². The lowest BCUT2D eigenvalue weighted by Crippen LogP contribution is -2.57. The Hall–Kier alpha value is -0.200. The van der Waals surface area contributed by atoms with Crippen molar-refractivity contribution >= 4 is 0 Å². The second-order valence-corrected chi connectivity index (χ2v) is 6.81. The van der Waals surface area contributed by atoms with Crippen LogP contribution in [-0.4, -0.2) is 69.8 Å². The maximum absolute atomic E-state index is 5.95. The SMILES string of the molecule is CNC1CCC2(CC1N(C)CC1CCOCC1)OCCO2. The number of nitrogens with zero attached hydrogens (tertiary/aromatic N) is 1. The normalized spacial score (nSPS) is 33.9. The van der Waals surface area contributed by atoms with E-state index in [0.29, 0.717) is 12.1 Å². The molecule has 1 N–H and O–H groups in total. The van der Waals surface area contributed by atoms with Crippen molar-refractivity contribution in [2.45, 2.75) is 50.0 Å². The third-order valence-corrected chi connectivity index (χ3v) is 5.46. The van der Waals surface area contributed by atoms with Crippen LogP contribution in [0.15, 0.2) is 0 Å². The van der Waals surface area contributed by atoms with Crippen molar-refractivity contribution in [1.29, 1.82) is 0 Å². The molecule has 2 atom stereocenters. The zero-order chi connectivity index (χ0) is 14.7. The second kappa shape index (κ2) is 6.92. The fraction of sp³-hybridized carbons (Fsp3) is 1.00. The first kappa shape index (κ1) is 15.7. The first-order valence-electron chi connectivity index (χ1n) is 8.45. The summed E-state index contributed by atoms with van der Waals surface area (Å²) >= 11 is 0. The van der Waals surface area contributed by atoms with Gasteiger partial charge in [-0.1, -0.05) is 0 Å². The van der Waals surface area contributed by atoms with Crippen LogP contribution in [0.3, 0.4) is 0 Å². The minimum Gasteiger partial charge on any atom is -0.381 e. The first-order chi connectivity index (χ1) is 10.2. The van der Waals surface area contributed by atoms with E-state index in [1.54, 1.807) is 0 Å². The molecule has 2 aliphatic heterocycles. The van der Waals surface area contributed by atoms with Gasteiger partial charge in [-0.3, -0.25) is 0 Å². The summed E-state index contributed by atoms with van der Waals surface area (Å²) in [5, 5.41) is 3.50. The van der Waals surface area contributed by atoms with Crippen LogP contribution in [0, 0.1) is 5.92 Å². The molecule has 2 saturated heterocycles. The van der Waals surface area contributed by atoms with Gasteiger partial charge in [0, 0.05) is 44.7 Å². The molecule has 0 radical (unpaired) electrons. The molecule has 0 aromatic heterocycles. The lowest BCUT2D eigenvalue weighted by Gasteiger charge is -2.45. The second-order valence-electron chi connectivity index (χ2n) is 6.81. The Morgan fingerprint density at radius 3 is 2.48 bits per heavy atom. The van der Waals surface area contributed by atoms with E-state index in [4.69, 9.17) is 14.2 Å². The zero-order valence-electron chi connectivity index (χ0n) is 13.5. The number of nitrogens with one attached hydrogen (secondary N) is 1. The highest BCUT2D eigenvalue weighted by molar-refractivity contribution is 4.95. The molecule has 1 spiro atoms.